The van der Waals surface area contributed by atoms with Gasteiger partial charge in [0.15, 0.2) is 0 Å². The van der Waals surface area contributed by atoms with E-state index in [1.165, 1.54) is 16.7 Å². The van der Waals surface area contributed by atoms with Crippen LogP contribution in [0.5, 0.6) is 5.75 Å². The van der Waals surface area contributed by atoms with Crippen LogP contribution in [0.3, 0.4) is 0 Å². The zero-order chi connectivity index (χ0) is 14.5. The standard InChI is InChI=1S/C17H29NO/c1-6-13-11-14(9-7-8-10-18)16(19-5)15(12-13)17(2,3)4/h11-12H,6-10,18H2,1-5H3. The molecule has 1 rings (SSSR count). The Morgan fingerprint density at radius 2 is 1.84 bits per heavy atom. The first-order chi connectivity index (χ1) is 8.93. The second-order valence-corrected chi connectivity index (χ2v) is 6.19. The molecule has 0 heterocycles. The van der Waals surface area contributed by atoms with Gasteiger partial charge in [0.1, 0.15) is 5.75 Å². The lowest BCUT2D eigenvalue weighted by molar-refractivity contribution is 0.391. The molecule has 0 aromatic heterocycles. The van der Waals surface area contributed by atoms with Gasteiger partial charge < -0.3 is 10.5 Å². The highest BCUT2D eigenvalue weighted by Crippen LogP contribution is 2.36. The number of ether oxygens (including phenoxy) is 1. The minimum absolute atomic E-state index is 0.110. The van der Waals surface area contributed by atoms with E-state index in [2.05, 4.69) is 39.8 Å². The Hall–Kier alpha value is -1.02. The molecule has 1 aromatic carbocycles. The minimum atomic E-state index is 0.110. The molecule has 0 fully saturated rings. The predicted octanol–water partition coefficient (Wildman–Crippen LogP) is 3.84. The van der Waals surface area contributed by atoms with Gasteiger partial charge in [-0.25, -0.2) is 0 Å². The second kappa shape index (κ2) is 6.95. The summed E-state index contributed by atoms with van der Waals surface area (Å²) >= 11 is 0. The average molecular weight is 263 g/mol. The lowest BCUT2D eigenvalue weighted by Gasteiger charge is -2.25. The smallest absolute Gasteiger partial charge is 0.125 e. The number of hydrogen-bond donors (Lipinski definition) is 1. The third kappa shape index (κ3) is 4.24. The highest BCUT2D eigenvalue weighted by atomic mass is 16.5. The van der Waals surface area contributed by atoms with Gasteiger partial charge in [0.05, 0.1) is 7.11 Å². The molecule has 0 aliphatic rings. The molecule has 0 bridgehead atoms. The molecular formula is C17H29NO. The molecule has 1 aromatic rings. The lowest BCUT2D eigenvalue weighted by atomic mass is 9.83. The van der Waals surface area contributed by atoms with Crippen LogP contribution >= 0.6 is 0 Å². The third-order valence-electron chi connectivity index (χ3n) is 3.55. The summed E-state index contributed by atoms with van der Waals surface area (Å²) in [7, 11) is 1.78. The van der Waals surface area contributed by atoms with Crippen LogP contribution in [0, 0.1) is 0 Å². The van der Waals surface area contributed by atoms with Gasteiger partial charge in [-0.15, -0.1) is 0 Å². The SMILES string of the molecule is CCc1cc(CCCCN)c(OC)c(C(C)(C)C)c1. The molecule has 108 valence electrons. The number of rotatable bonds is 6. The van der Waals surface area contributed by atoms with E-state index in [0.29, 0.717) is 0 Å². The second-order valence-electron chi connectivity index (χ2n) is 6.19. The van der Waals surface area contributed by atoms with Crippen molar-refractivity contribution >= 4 is 0 Å². The van der Waals surface area contributed by atoms with Crippen LogP contribution in [0.2, 0.25) is 0 Å². The number of hydrogen-bond acceptors (Lipinski definition) is 2. The highest BCUT2D eigenvalue weighted by molar-refractivity contribution is 5.48. The van der Waals surface area contributed by atoms with E-state index >= 15 is 0 Å². The van der Waals surface area contributed by atoms with E-state index in [4.69, 9.17) is 10.5 Å². The van der Waals surface area contributed by atoms with E-state index in [9.17, 15) is 0 Å². The van der Waals surface area contributed by atoms with Gasteiger partial charge in [-0.3, -0.25) is 0 Å². The normalized spacial score (nSPS) is 11.7. The molecule has 0 amide bonds. The van der Waals surface area contributed by atoms with E-state index in [0.717, 1.165) is 38.0 Å². The van der Waals surface area contributed by atoms with Crippen molar-refractivity contribution in [3.05, 3.63) is 28.8 Å². The Morgan fingerprint density at radius 1 is 1.16 bits per heavy atom. The first-order valence-corrected chi connectivity index (χ1v) is 7.34. The van der Waals surface area contributed by atoms with Crippen molar-refractivity contribution in [1.82, 2.24) is 0 Å². The van der Waals surface area contributed by atoms with Gasteiger partial charge in [-0.1, -0.05) is 39.8 Å². The number of unbranched alkanes of at least 4 members (excludes halogenated alkanes) is 1. The maximum absolute atomic E-state index is 5.70. The minimum Gasteiger partial charge on any atom is -0.496 e. The fourth-order valence-corrected chi connectivity index (χ4v) is 2.40. The molecule has 19 heavy (non-hydrogen) atoms. The Labute approximate surface area is 118 Å². The molecule has 0 aliphatic carbocycles. The summed E-state index contributed by atoms with van der Waals surface area (Å²) in [5.41, 5.74) is 9.74. The number of methoxy groups -OCH3 is 1. The molecule has 0 radical (unpaired) electrons. The summed E-state index contributed by atoms with van der Waals surface area (Å²) in [6.07, 6.45) is 4.32. The van der Waals surface area contributed by atoms with Crippen molar-refractivity contribution < 1.29 is 4.74 Å². The van der Waals surface area contributed by atoms with E-state index < -0.39 is 0 Å². The average Bonchev–Trinajstić information content (AvgIpc) is 2.37. The summed E-state index contributed by atoms with van der Waals surface area (Å²) in [5.74, 6) is 1.07. The van der Waals surface area contributed by atoms with Gasteiger partial charge in [-0.2, -0.15) is 0 Å². The van der Waals surface area contributed by atoms with Crippen molar-refractivity contribution in [1.29, 1.82) is 0 Å². The molecular weight excluding hydrogens is 234 g/mol. The summed E-state index contributed by atoms with van der Waals surface area (Å²) in [6, 6.07) is 4.59. The maximum Gasteiger partial charge on any atom is 0.125 e. The van der Waals surface area contributed by atoms with Crippen LogP contribution in [-0.4, -0.2) is 13.7 Å². The summed E-state index contributed by atoms with van der Waals surface area (Å²) in [5, 5.41) is 0. The maximum atomic E-state index is 5.70. The number of benzene rings is 1. The number of nitrogens with two attached hydrogens (primary N) is 1. The van der Waals surface area contributed by atoms with Crippen LogP contribution in [0.25, 0.3) is 0 Å². The fraction of sp³-hybridized carbons (Fsp3) is 0.647. The van der Waals surface area contributed by atoms with Gasteiger partial charge in [0.25, 0.3) is 0 Å². The summed E-state index contributed by atoms with van der Waals surface area (Å²) in [6.45, 7) is 9.70. The summed E-state index contributed by atoms with van der Waals surface area (Å²) in [4.78, 5) is 0. The van der Waals surface area contributed by atoms with Gasteiger partial charge in [0, 0.05) is 5.56 Å². The zero-order valence-corrected chi connectivity index (χ0v) is 13.2. The van der Waals surface area contributed by atoms with Gasteiger partial charge >= 0.3 is 0 Å². The van der Waals surface area contributed by atoms with Crippen molar-refractivity contribution in [3.63, 3.8) is 0 Å². The summed E-state index contributed by atoms with van der Waals surface area (Å²) < 4.78 is 5.70. The molecule has 2 N–H and O–H groups in total. The van der Waals surface area contributed by atoms with E-state index in [1.807, 2.05) is 0 Å². The molecule has 0 saturated carbocycles. The molecule has 0 atom stereocenters. The predicted molar refractivity (Wildman–Crippen MR) is 83.1 cm³/mol. The monoisotopic (exact) mass is 263 g/mol. The third-order valence-corrected chi connectivity index (χ3v) is 3.55. The van der Waals surface area contributed by atoms with Gasteiger partial charge in [-0.05, 0) is 48.8 Å². The molecule has 2 heteroatoms. The molecule has 0 unspecified atom stereocenters. The van der Waals surface area contributed by atoms with Crippen molar-refractivity contribution in [2.75, 3.05) is 13.7 Å². The van der Waals surface area contributed by atoms with E-state index in [-0.39, 0.29) is 5.41 Å². The quantitative estimate of drug-likeness (QED) is 0.792. The molecule has 0 aliphatic heterocycles. The van der Waals surface area contributed by atoms with E-state index in [1.54, 1.807) is 7.11 Å². The van der Waals surface area contributed by atoms with Crippen LogP contribution < -0.4 is 10.5 Å². The Kier molecular flexibility index (Phi) is 5.86. The Bertz CT molecular complexity index is 404. The zero-order valence-electron chi connectivity index (χ0n) is 13.2. The van der Waals surface area contributed by atoms with Crippen LogP contribution in [-0.2, 0) is 18.3 Å². The van der Waals surface area contributed by atoms with Crippen LogP contribution in [0.1, 0.15) is 57.2 Å². The van der Waals surface area contributed by atoms with Crippen molar-refractivity contribution in [2.24, 2.45) is 5.73 Å². The van der Waals surface area contributed by atoms with Crippen LogP contribution in [0.4, 0.5) is 0 Å². The first-order valence-electron chi connectivity index (χ1n) is 7.34. The Balaban J connectivity index is 3.19. The molecule has 2 nitrogen and oxygen atoms in total. The van der Waals surface area contributed by atoms with Crippen molar-refractivity contribution in [3.8, 4) is 5.75 Å². The number of aryl methyl sites for hydroxylation is 2. The van der Waals surface area contributed by atoms with Gasteiger partial charge in [0.2, 0.25) is 0 Å². The molecule has 0 spiro atoms. The first kappa shape index (κ1) is 16.0. The largest absolute Gasteiger partial charge is 0.496 e. The lowest BCUT2D eigenvalue weighted by Crippen LogP contribution is -2.15. The topological polar surface area (TPSA) is 35.2 Å². The Morgan fingerprint density at radius 3 is 2.32 bits per heavy atom. The highest BCUT2D eigenvalue weighted by Gasteiger charge is 2.21. The van der Waals surface area contributed by atoms with Crippen LogP contribution in [0.15, 0.2) is 12.1 Å². The molecule has 0 saturated heterocycles. The fourth-order valence-electron chi connectivity index (χ4n) is 2.40. The van der Waals surface area contributed by atoms with Crippen molar-refractivity contribution in [2.45, 2.75) is 58.8 Å².